The van der Waals surface area contributed by atoms with Crippen molar-refractivity contribution in [3.8, 4) is 11.1 Å². The molecule has 3 unspecified atom stereocenters. The Labute approximate surface area is 219 Å². The molecule has 5 N–H and O–H groups in total. The van der Waals surface area contributed by atoms with Gasteiger partial charge in [0.05, 0.1) is 5.52 Å². The first-order chi connectivity index (χ1) is 17.7. The molecule has 0 saturated carbocycles. The fraction of sp³-hybridized carbons (Fsp3) is 0.433. The Morgan fingerprint density at radius 1 is 1.19 bits per heavy atom. The molecule has 0 aliphatic carbocycles. The van der Waals surface area contributed by atoms with Gasteiger partial charge >= 0.3 is 0 Å². The SMILES string of the molecule is CCCCC(c1cc(NC(C)=O)cc2[nH]c(=O)c(-c3cccc(C(=N)N)c3)cc12)N1C(C)CCCC1C. The van der Waals surface area contributed by atoms with Gasteiger partial charge in [0, 0.05) is 47.2 Å². The van der Waals surface area contributed by atoms with Crippen molar-refractivity contribution in [1.29, 1.82) is 5.41 Å². The molecule has 1 aromatic heterocycles. The maximum absolute atomic E-state index is 13.3. The highest BCUT2D eigenvalue weighted by molar-refractivity contribution is 5.97. The molecule has 7 heteroatoms. The van der Waals surface area contributed by atoms with Crippen molar-refractivity contribution < 1.29 is 4.79 Å². The van der Waals surface area contributed by atoms with Gasteiger partial charge in [-0.25, -0.2) is 0 Å². The summed E-state index contributed by atoms with van der Waals surface area (Å²) in [6, 6.07) is 14.2. The van der Waals surface area contributed by atoms with E-state index in [4.69, 9.17) is 11.1 Å². The number of unbranched alkanes of at least 4 members (excludes halogenated alkanes) is 1. The van der Waals surface area contributed by atoms with Crippen molar-refractivity contribution in [3.05, 3.63) is 63.9 Å². The lowest BCUT2D eigenvalue weighted by molar-refractivity contribution is -0.114. The van der Waals surface area contributed by atoms with Gasteiger partial charge in [0.2, 0.25) is 5.91 Å². The number of benzene rings is 2. The van der Waals surface area contributed by atoms with E-state index in [0.29, 0.717) is 34.4 Å². The van der Waals surface area contributed by atoms with E-state index >= 15 is 0 Å². The maximum Gasteiger partial charge on any atom is 0.256 e. The number of H-pyrrole nitrogens is 1. The number of piperidine rings is 1. The van der Waals surface area contributed by atoms with Crippen LogP contribution in [0.1, 0.15) is 83.4 Å². The number of nitrogens with zero attached hydrogens (tertiary/aromatic N) is 1. The smallest absolute Gasteiger partial charge is 0.256 e. The van der Waals surface area contributed by atoms with Gasteiger partial charge in [-0.15, -0.1) is 0 Å². The van der Waals surface area contributed by atoms with Crippen LogP contribution in [-0.4, -0.2) is 33.7 Å². The summed E-state index contributed by atoms with van der Waals surface area (Å²) in [5, 5.41) is 11.7. The van der Waals surface area contributed by atoms with Gasteiger partial charge in [-0.2, -0.15) is 0 Å². The number of nitrogen functional groups attached to an aromatic ring is 1. The van der Waals surface area contributed by atoms with Gasteiger partial charge in [-0.3, -0.25) is 19.9 Å². The Morgan fingerprint density at radius 3 is 2.57 bits per heavy atom. The summed E-state index contributed by atoms with van der Waals surface area (Å²) in [6.07, 6.45) is 6.74. The highest BCUT2D eigenvalue weighted by Gasteiger charge is 2.33. The summed E-state index contributed by atoms with van der Waals surface area (Å²) in [5.74, 6) is -0.178. The number of likely N-dealkylation sites (tertiary alicyclic amines) is 1. The lowest BCUT2D eigenvalue weighted by Gasteiger charge is -2.45. The van der Waals surface area contributed by atoms with Crippen molar-refractivity contribution in [2.45, 2.75) is 84.3 Å². The predicted molar refractivity (Wildman–Crippen MR) is 152 cm³/mol. The minimum Gasteiger partial charge on any atom is -0.384 e. The van der Waals surface area contributed by atoms with Crippen LogP contribution in [0.25, 0.3) is 22.0 Å². The molecule has 1 aliphatic rings. The molecule has 4 rings (SSSR count). The van der Waals surface area contributed by atoms with Gasteiger partial charge in [0.1, 0.15) is 5.84 Å². The normalized spacial score (nSPS) is 19.0. The largest absolute Gasteiger partial charge is 0.384 e. The van der Waals surface area contributed by atoms with Crippen LogP contribution in [0.5, 0.6) is 0 Å². The number of amidine groups is 1. The summed E-state index contributed by atoms with van der Waals surface area (Å²) in [4.78, 5) is 31.0. The quantitative estimate of drug-likeness (QED) is 0.226. The van der Waals surface area contributed by atoms with E-state index in [9.17, 15) is 9.59 Å². The minimum absolute atomic E-state index is 0.0348. The zero-order chi connectivity index (χ0) is 26.7. The number of amides is 1. The molecule has 2 heterocycles. The van der Waals surface area contributed by atoms with Crippen LogP contribution in [0.2, 0.25) is 0 Å². The summed E-state index contributed by atoms with van der Waals surface area (Å²) in [7, 11) is 0. The zero-order valence-corrected chi connectivity index (χ0v) is 22.4. The molecule has 1 aliphatic heterocycles. The molecule has 2 aromatic carbocycles. The number of nitrogens with two attached hydrogens (primary N) is 1. The average molecular weight is 502 g/mol. The van der Waals surface area contributed by atoms with E-state index in [1.807, 2.05) is 24.3 Å². The minimum atomic E-state index is -0.219. The summed E-state index contributed by atoms with van der Waals surface area (Å²) < 4.78 is 0. The first-order valence-electron chi connectivity index (χ1n) is 13.4. The summed E-state index contributed by atoms with van der Waals surface area (Å²) in [6.45, 7) is 8.34. The van der Waals surface area contributed by atoms with Gasteiger partial charge < -0.3 is 16.0 Å². The highest BCUT2D eigenvalue weighted by Crippen LogP contribution is 2.40. The Balaban J connectivity index is 1.96. The number of hydrogen-bond donors (Lipinski definition) is 4. The van der Waals surface area contributed by atoms with E-state index in [2.05, 4.69) is 42.0 Å². The van der Waals surface area contributed by atoms with Gasteiger partial charge in [0.25, 0.3) is 5.56 Å². The second-order valence-electron chi connectivity index (χ2n) is 10.4. The molecule has 3 atom stereocenters. The average Bonchev–Trinajstić information content (AvgIpc) is 2.84. The molecular weight excluding hydrogens is 462 g/mol. The Bertz CT molecular complexity index is 1350. The fourth-order valence-corrected chi connectivity index (χ4v) is 5.88. The first kappa shape index (κ1) is 26.6. The van der Waals surface area contributed by atoms with Gasteiger partial charge in [0.15, 0.2) is 0 Å². The van der Waals surface area contributed by atoms with Crippen molar-refractivity contribution in [1.82, 2.24) is 9.88 Å². The topological polar surface area (TPSA) is 115 Å². The van der Waals surface area contributed by atoms with Gasteiger partial charge in [-0.05, 0) is 68.5 Å². The number of carbonyl (C=O) groups excluding carboxylic acids is 1. The standard InChI is InChI=1S/C30H39N5O2/c1-5-6-13-28(35-18(2)9-7-10-19(35)3)26-15-23(33-20(4)36)16-27-25(26)17-24(30(37)34-27)21-11-8-12-22(14-21)29(31)32/h8,11-12,14-19,28H,5-7,9-10,13H2,1-4H3,(H3,31,32)(H,33,36)(H,34,37). The van der Waals surface area contributed by atoms with E-state index < -0.39 is 0 Å². The van der Waals surface area contributed by atoms with Crippen LogP contribution in [-0.2, 0) is 4.79 Å². The van der Waals surface area contributed by atoms with Gasteiger partial charge in [-0.1, -0.05) is 44.4 Å². The molecule has 0 spiro atoms. The third kappa shape index (κ3) is 5.77. The first-order valence-corrected chi connectivity index (χ1v) is 13.4. The lowest BCUT2D eigenvalue weighted by atomic mass is 9.88. The van der Waals surface area contributed by atoms with Crippen LogP contribution in [0, 0.1) is 5.41 Å². The van der Waals surface area contributed by atoms with Crippen LogP contribution < -0.4 is 16.6 Å². The fourth-order valence-electron chi connectivity index (χ4n) is 5.88. The predicted octanol–water partition coefficient (Wildman–Crippen LogP) is 5.93. The second-order valence-corrected chi connectivity index (χ2v) is 10.4. The van der Waals surface area contributed by atoms with Crippen LogP contribution in [0.3, 0.4) is 0 Å². The number of carbonyl (C=O) groups is 1. The van der Waals surface area contributed by atoms with E-state index in [0.717, 1.165) is 48.6 Å². The Hall–Kier alpha value is -3.45. The molecule has 1 fully saturated rings. The Morgan fingerprint density at radius 2 is 1.92 bits per heavy atom. The number of hydrogen-bond acceptors (Lipinski definition) is 4. The number of aromatic nitrogens is 1. The Kier molecular flexibility index (Phi) is 8.13. The number of rotatable bonds is 8. The molecule has 0 bridgehead atoms. The van der Waals surface area contributed by atoms with Crippen LogP contribution >= 0.6 is 0 Å². The van der Waals surface area contributed by atoms with E-state index in [1.54, 1.807) is 12.1 Å². The van der Waals surface area contributed by atoms with Crippen molar-refractivity contribution in [2.24, 2.45) is 5.73 Å². The van der Waals surface area contributed by atoms with Crippen molar-refractivity contribution in [2.75, 3.05) is 5.32 Å². The third-order valence-corrected chi connectivity index (χ3v) is 7.61. The number of nitrogens with one attached hydrogen (secondary N) is 3. The summed E-state index contributed by atoms with van der Waals surface area (Å²) in [5.41, 5.74) is 9.86. The molecule has 7 nitrogen and oxygen atoms in total. The van der Waals surface area contributed by atoms with E-state index in [1.165, 1.54) is 13.3 Å². The number of aromatic amines is 1. The van der Waals surface area contributed by atoms with Crippen LogP contribution in [0.4, 0.5) is 5.69 Å². The molecule has 37 heavy (non-hydrogen) atoms. The highest BCUT2D eigenvalue weighted by atomic mass is 16.1. The van der Waals surface area contributed by atoms with Crippen molar-refractivity contribution in [3.63, 3.8) is 0 Å². The molecule has 1 saturated heterocycles. The summed E-state index contributed by atoms with van der Waals surface area (Å²) >= 11 is 0. The maximum atomic E-state index is 13.3. The van der Waals surface area contributed by atoms with Crippen molar-refractivity contribution >= 4 is 28.3 Å². The number of fused-ring (bicyclic) bond motifs is 1. The molecular formula is C30H39N5O2. The zero-order valence-electron chi connectivity index (χ0n) is 22.4. The molecule has 196 valence electrons. The van der Waals surface area contributed by atoms with Crippen LogP contribution in [0.15, 0.2) is 47.3 Å². The third-order valence-electron chi connectivity index (χ3n) is 7.61. The molecule has 1 amide bonds. The lowest BCUT2D eigenvalue weighted by Crippen LogP contribution is -2.46. The molecule has 3 aromatic rings. The monoisotopic (exact) mass is 501 g/mol. The molecule has 0 radical (unpaired) electrons. The number of anilines is 1. The number of pyridine rings is 1. The second kappa shape index (κ2) is 11.3. The van der Waals surface area contributed by atoms with E-state index in [-0.39, 0.29) is 23.3 Å².